The maximum absolute atomic E-state index is 5.39. The van der Waals surface area contributed by atoms with Gasteiger partial charge in [0.1, 0.15) is 0 Å². The summed E-state index contributed by atoms with van der Waals surface area (Å²) in [5.41, 5.74) is 8.65. The van der Waals surface area contributed by atoms with Crippen molar-refractivity contribution in [3.8, 4) is 17.2 Å². The van der Waals surface area contributed by atoms with Crippen molar-refractivity contribution in [3.05, 3.63) is 170 Å². The van der Waals surface area contributed by atoms with Crippen LogP contribution in [0.2, 0.25) is 0 Å². The van der Waals surface area contributed by atoms with Crippen LogP contribution < -0.4 is 0 Å². The Morgan fingerprint density at radius 2 is 0.982 bits per heavy atom. The van der Waals surface area contributed by atoms with Crippen LogP contribution in [0.1, 0.15) is 0 Å². The van der Waals surface area contributed by atoms with Crippen LogP contribution in [0.3, 0.4) is 0 Å². The number of para-hydroxylation sites is 3. The first-order valence-corrected chi connectivity index (χ1v) is 19.5. The van der Waals surface area contributed by atoms with Crippen LogP contribution in [0.4, 0.5) is 0 Å². The highest BCUT2D eigenvalue weighted by Crippen LogP contribution is 2.45. The zero-order valence-corrected chi connectivity index (χ0v) is 30.2. The van der Waals surface area contributed by atoms with Crippen LogP contribution in [0.25, 0.3) is 119 Å². The van der Waals surface area contributed by atoms with Gasteiger partial charge in [-0.05, 0) is 58.6 Å². The lowest BCUT2D eigenvalue weighted by atomic mass is 10.0. The zero-order chi connectivity index (χ0) is 35.8. The molecule has 13 rings (SSSR count). The van der Waals surface area contributed by atoms with Gasteiger partial charge in [0.2, 0.25) is 5.95 Å². The summed E-state index contributed by atoms with van der Waals surface area (Å²) in [6.45, 7) is 0. The predicted octanol–water partition coefficient (Wildman–Crippen LogP) is 13.6. The molecule has 0 N–H and O–H groups in total. The van der Waals surface area contributed by atoms with Crippen molar-refractivity contribution in [1.29, 1.82) is 0 Å². The molecule has 0 fully saturated rings. The summed E-state index contributed by atoms with van der Waals surface area (Å²) in [5.74, 6) is 0.661. The van der Waals surface area contributed by atoms with Gasteiger partial charge in [-0.3, -0.25) is 4.57 Å². The molecule has 0 spiro atoms. The number of hydrogen-bond donors (Lipinski definition) is 0. The molecule has 0 saturated heterocycles. The Labute approximate surface area is 317 Å². The highest BCUT2D eigenvalue weighted by Gasteiger charge is 2.22. The van der Waals surface area contributed by atoms with E-state index in [9.17, 15) is 0 Å². The Kier molecular flexibility index (Phi) is 5.74. The highest BCUT2D eigenvalue weighted by molar-refractivity contribution is 7.26. The fourth-order valence-corrected chi connectivity index (χ4v) is 10.6. The van der Waals surface area contributed by atoms with Crippen molar-refractivity contribution in [3.63, 3.8) is 0 Å². The van der Waals surface area contributed by atoms with Crippen molar-refractivity contribution in [1.82, 2.24) is 18.9 Å². The highest BCUT2D eigenvalue weighted by atomic mass is 32.1. The molecule has 8 aromatic carbocycles. The number of aromatic nitrogens is 4. The lowest BCUT2D eigenvalue weighted by Gasteiger charge is -2.12. The first kappa shape index (κ1) is 29.4. The molecule has 13 aromatic rings. The lowest BCUT2D eigenvalue weighted by Crippen LogP contribution is -2.03. The predicted molar refractivity (Wildman–Crippen MR) is 233 cm³/mol. The molecule has 4 nitrogen and oxygen atoms in total. The van der Waals surface area contributed by atoms with E-state index in [4.69, 9.17) is 9.97 Å². The third-order valence-electron chi connectivity index (χ3n) is 11.7. The Morgan fingerprint density at radius 3 is 1.84 bits per heavy atom. The monoisotopic (exact) mass is 716 g/mol. The normalized spacial score (nSPS) is 12.4. The molecule has 0 aliphatic rings. The smallest absolute Gasteiger partial charge is 0.235 e. The van der Waals surface area contributed by atoms with E-state index in [2.05, 4.69) is 179 Å². The molecule has 5 heterocycles. The van der Waals surface area contributed by atoms with Crippen molar-refractivity contribution in [2.75, 3.05) is 0 Å². The topological polar surface area (TPSA) is 35.1 Å². The molecule has 55 heavy (non-hydrogen) atoms. The first-order chi connectivity index (χ1) is 27.3. The lowest BCUT2D eigenvalue weighted by molar-refractivity contribution is 1.01. The van der Waals surface area contributed by atoms with Gasteiger partial charge < -0.3 is 4.40 Å². The molecule has 0 saturated carbocycles. The van der Waals surface area contributed by atoms with E-state index in [0.717, 1.165) is 38.7 Å². The third-order valence-corrected chi connectivity index (χ3v) is 12.8. The second-order valence-corrected chi connectivity index (χ2v) is 15.6. The maximum atomic E-state index is 5.39. The number of thiophene rings is 1. The van der Waals surface area contributed by atoms with Crippen LogP contribution in [0, 0.1) is 0 Å². The van der Waals surface area contributed by atoms with E-state index in [1.54, 1.807) is 0 Å². The molecule has 0 aliphatic heterocycles. The van der Waals surface area contributed by atoms with Crippen molar-refractivity contribution >= 4 is 113 Å². The summed E-state index contributed by atoms with van der Waals surface area (Å²) in [6.07, 6.45) is 0. The minimum absolute atomic E-state index is 0.661. The number of hydrogen-bond acceptors (Lipinski definition) is 3. The minimum Gasteiger partial charge on any atom is -0.308 e. The largest absolute Gasteiger partial charge is 0.308 e. The van der Waals surface area contributed by atoms with Gasteiger partial charge in [0.15, 0.2) is 0 Å². The van der Waals surface area contributed by atoms with E-state index in [1.807, 2.05) is 11.3 Å². The molecule has 0 amide bonds. The Bertz CT molecular complexity index is 3780. The van der Waals surface area contributed by atoms with Gasteiger partial charge in [-0.15, -0.1) is 11.3 Å². The summed E-state index contributed by atoms with van der Waals surface area (Å²) in [5, 5.41) is 13.5. The third kappa shape index (κ3) is 3.89. The molecule has 5 heteroatoms. The van der Waals surface area contributed by atoms with Gasteiger partial charge in [-0.1, -0.05) is 127 Å². The second kappa shape index (κ2) is 10.8. The number of fused-ring (bicyclic) bond motifs is 11. The summed E-state index contributed by atoms with van der Waals surface area (Å²) in [4.78, 5) is 10.7. The van der Waals surface area contributed by atoms with Crippen molar-refractivity contribution < 1.29 is 0 Å². The van der Waals surface area contributed by atoms with Crippen LogP contribution >= 0.6 is 11.3 Å². The van der Waals surface area contributed by atoms with Crippen LogP contribution in [-0.2, 0) is 0 Å². The average Bonchev–Trinajstić information content (AvgIpc) is 3.91. The van der Waals surface area contributed by atoms with Gasteiger partial charge >= 0.3 is 0 Å². The Hall–Kier alpha value is -7.08. The first-order valence-electron chi connectivity index (χ1n) is 18.7. The molecule has 254 valence electrons. The molecule has 0 atom stereocenters. The molecule has 0 bridgehead atoms. The van der Waals surface area contributed by atoms with Gasteiger partial charge in [0.05, 0.1) is 38.8 Å². The molecule has 0 aliphatic carbocycles. The SMILES string of the molecule is c1ccc(-c2nc(-n3c4ccccc4c4cc5c6cccc7c8ccccc8c8cccc9sc%10cccc(c%10c98)n(c5cc43)c76)nc3ccccc23)cc1. The Balaban J connectivity index is 1.27. The maximum Gasteiger partial charge on any atom is 0.235 e. The van der Waals surface area contributed by atoms with Gasteiger partial charge in [-0.25, -0.2) is 9.97 Å². The molecule has 5 aromatic heterocycles. The summed E-state index contributed by atoms with van der Waals surface area (Å²) < 4.78 is 7.42. The number of nitrogens with zero attached hydrogens (tertiary/aromatic N) is 4. The summed E-state index contributed by atoms with van der Waals surface area (Å²) in [7, 11) is 0. The fourth-order valence-electron chi connectivity index (χ4n) is 9.40. The van der Waals surface area contributed by atoms with Gasteiger partial charge in [0, 0.05) is 58.1 Å². The quantitative estimate of drug-likeness (QED) is 0.179. The van der Waals surface area contributed by atoms with E-state index in [1.165, 1.54) is 74.3 Å². The summed E-state index contributed by atoms with van der Waals surface area (Å²) in [6, 6.07) is 61.7. The molecule has 0 unspecified atom stereocenters. The molecule has 0 radical (unpaired) electrons. The zero-order valence-electron chi connectivity index (χ0n) is 29.4. The van der Waals surface area contributed by atoms with Crippen molar-refractivity contribution in [2.24, 2.45) is 0 Å². The van der Waals surface area contributed by atoms with Gasteiger partial charge in [0.25, 0.3) is 0 Å². The van der Waals surface area contributed by atoms with Crippen LogP contribution in [0.15, 0.2) is 170 Å². The van der Waals surface area contributed by atoms with E-state index in [0.29, 0.717) is 5.95 Å². The number of rotatable bonds is 2. The van der Waals surface area contributed by atoms with E-state index in [-0.39, 0.29) is 0 Å². The van der Waals surface area contributed by atoms with Crippen molar-refractivity contribution in [2.45, 2.75) is 0 Å². The molecular formula is C50H28N4S. The average molecular weight is 717 g/mol. The summed E-state index contributed by atoms with van der Waals surface area (Å²) >= 11 is 1.88. The van der Waals surface area contributed by atoms with E-state index >= 15 is 0 Å². The van der Waals surface area contributed by atoms with Crippen LogP contribution in [-0.4, -0.2) is 18.9 Å². The second-order valence-electron chi connectivity index (χ2n) is 14.5. The standard InChI is InChI=1S/C50H28N4S/c1-2-13-29(14-3-1)48-36-18-6-8-22-39(36)51-50(52-48)54-40-23-9-7-17-32(40)37-27-38-35-21-10-20-34-31-16-5-4-15-30(31)33-19-11-25-44-46(33)47-41(24-12-26-45(47)55-44)53(49(34)35)42(38)28-43(37)54/h1-28H. The van der Waals surface area contributed by atoms with Crippen LogP contribution in [0.5, 0.6) is 0 Å². The fraction of sp³-hybridized carbons (Fsp3) is 0. The van der Waals surface area contributed by atoms with E-state index < -0.39 is 0 Å². The number of benzene rings is 8. The molecular weight excluding hydrogens is 689 g/mol. The Morgan fingerprint density at radius 1 is 0.382 bits per heavy atom. The minimum atomic E-state index is 0.661. The van der Waals surface area contributed by atoms with Gasteiger partial charge in [-0.2, -0.15) is 0 Å².